The number of likely N-dealkylation sites (tertiary alicyclic amines) is 1. The van der Waals surface area contributed by atoms with Crippen molar-refractivity contribution >= 4 is 15.9 Å². The van der Waals surface area contributed by atoms with Crippen LogP contribution in [0.25, 0.3) is 0 Å². The topological polar surface area (TPSA) is 82.7 Å². The van der Waals surface area contributed by atoms with Crippen LogP contribution in [0, 0.1) is 13.8 Å². The molecule has 0 atom stereocenters. The normalized spacial score (nSPS) is 20.3. The Kier molecular flexibility index (Phi) is 4.98. The molecule has 0 unspecified atom stereocenters. The van der Waals surface area contributed by atoms with E-state index in [1.54, 1.807) is 18.7 Å². The molecule has 134 valence electrons. The molecular formula is C16H25N3O4S. The molecule has 1 N–H and O–H groups in total. The average Bonchev–Trinajstić information content (AvgIpc) is 2.90. The van der Waals surface area contributed by atoms with E-state index in [9.17, 15) is 13.2 Å². The summed E-state index contributed by atoms with van der Waals surface area (Å²) < 4.78 is 32.9. The molecule has 0 aliphatic carbocycles. The Morgan fingerprint density at radius 3 is 2.25 bits per heavy atom. The third kappa shape index (κ3) is 3.10. The van der Waals surface area contributed by atoms with E-state index < -0.39 is 10.0 Å². The highest BCUT2D eigenvalue weighted by molar-refractivity contribution is 7.89. The van der Waals surface area contributed by atoms with E-state index in [4.69, 9.17) is 4.74 Å². The van der Waals surface area contributed by atoms with Crippen molar-refractivity contribution in [3.8, 4) is 0 Å². The summed E-state index contributed by atoms with van der Waals surface area (Å²) in [6.07, 6.45) is 3.06. The van der Waals surface area contributed by atoms with Gasteiger partial charge in [0.25, 0.3) is 5.91 Å². The molecule has 2 aliphatic heterocycles. The van der Waals surface area contributed by atoms with E-state index in [1.165, 1.54) is 4.31 Å². The number of carbonyl (C=O) groups is 1. The first kappa shape index (κ1) is 17.4. The third-order valence-electron chi connectivity index (χ3n) is 4.74. The number of nitrogens with one attached hydrogen (secondary N) is 1. The number of aromatic nitrogens is 1. The fraction of sp³-hybridized carbons (Fsp3) is 0.688. The number of aryl methyl sites for hydroxylation is 2. The van der Waals surface area contributed by atoms with Crippen LogP contribution in [0.1, 0.15) is 41.0 Å². The van der Waals surface area contributed by atoms with Crippen molar-refractivity contribution in [1.29, 1.82) is 0 Å². The molecule has 1 amide bonds. The predicted molar refractivity (Wildman–Crippen MR) is 89.6 cm³/mol. The van der Waals surface area contributed by atoms with E-state index in [2.05, 4.69) is 4.98 Å². The lowest BCUT2D eigenvalue weighted by atomic mass is 10.1. The molecule has 1 aromatic rings. The van der Waals surface area contributed by atoms with Gasteiger partial charge >= 0.3 is 0 Å². The number of rotatable bonds is 3. The van der Waals surface area contributed by atoms with Crippen LogP contribution < -0.4 is 0 Å². The van der Waals surface area contributed by atoms with Gasteiger partial charge in [-0.3, -0.25) is 4.79 Å². The minimum atomic E-state index is -3.71. The Balaban J connectivity index is 2.00. The Morgan fingerprint density at radius 2 is 1.62 bits per heavy atom. The second-order valence-corrected chi connectivity index (χ2v) is 8.32. The van der Waals surface area contributed by atoms with Crippen LogP contribution in [0.4, 0.5) is 0 Å². The highest BCUT2D eigenvalue weighted by Gasteiger charge is 2.35. The van der Waals surface area contributed by atoms with Crippen molar-refractivity contribution < 1.29 is 17.9 Å². The fourth-order valence-corrected chi connectivity index (χ4v) is 5.33. The van der Waals surface area contributed by atoms with Gasteiger partial charge in [-0.1, -0.05) is 0 Å². The zero-order valence-corrected chi connectivity index (χ0v) is 15.1. The average molecular weight is 355 g/mol. The summed E-state index contributed by atoms with van der Waals surface area (Å²) in [7, 11) is -3.71. The highest BCUT2D eigenvalue weighted by atomic mass is 32.2. The summed E-state index contributed by atoms with van der Waals surface area (Å²) in [5, 5.41) is 0. The Morgan fingerprint density at radius 1 is 1.00 bits per heavy atom. The molecule has 3 rings (SSSR count). The lowest BCUT2D eigenvalue weighted by Gasteiger charge is -2.29. The molecule has 2 fully saturated rings. The lowest BCUT2D eigenvalue weighted by molar-refractivity contribution is 0.0711. The molecule has 0 saturated carbocycles. The predicted octanol–water partition coefficient (Wildman–Crippen LogP) is 1.28. The smallest absolute Gasteiger partial charge is 0.257 e. The van der Waals surface area contributed by atoms with Crippen molar-refractivity contribution in [2.24, 2.45) is 0 Å². The van der Waals surface area contributed by atoms with Gasteiger partial charge in [-0.15, -0.1) is 0 Å². The number of H-pyrrole nitrogens is 1. The number of morpholine rings is 1. The third-order valence-corrected chi connectivity index (χ3v) is 6.81. The van der Waals surface area contributed by atoms with Gasteiger partial charge in [0.2, 0.25) is 10.0 Å². The number of sulfonamides is 1. The summed E-state index contributed by atoms with van der Waals surface area (Å²) in [6, 6.07) is 0. The summed E-state index contributed by atoms with van der Waals surface area (Å²) in [5.41, 5.74) is 1.45. The van der Waals surface area contributed by atoms with E-state index in [-0.39, 0.29) is 10.8 Å². The van der Waals surface area contributed by atoms with E-state index >= 15 is 0 Å². The Hall–Kier alpha value is -1.38. The molecule has 0 radical (unpaired) electrons. The molecular weight excluding hydrogens is 330 g/mol. The molecule has 8 heteroatoms. The van der Waals surface area contributed by atoms with Crippen LogP contribution in [-0.2, 0) is 14.8 Å². The van der Waals surface area contributed by atoms with Gasteiger partial charge in [-0.05, 0) is 33.1 Å². The van der Waals surface area contributed by atoms with Crippen LogP contribution in [-0.4, -0.2) is 67.9 Å². The standard InChI is InChI=1S/C16H25N3O4S/c1-12-14(16(20)18-6-4-3-5-7-18)15(13(2)17-12)24(21,22)19-8-10-23-11-9-19/h17H,3-11H2,1-2H3. The summed E-state index contributed by atoms with van der Waals surface area (Å²) >= 11 is 0. The molecule has 2 saturated heterocycles. The maximum atomic E-state index is 13.1. The van der Waals surface area contributed by atoms with Crippen LogP contribution in [0.3, 0.4) is 0 Å². The van der Waals surface area contributed by atoms with Crippen molar-refractivity contribution in [1.82, 2.24) is 14.2 Å². The van der Waals surface area contributed by atoms with Crippen molar-refractivity contribution in [3.63, 3.8) is 0 Å². The first-order valence-electron chi connectivity index (χ1n) is 8.49. The van der Waals surface area contributed by atoms with E-state index in [0.717, 1.165) is 19.3 Å². The second kappa shape index (κ2) is 6.85. The van der Waals surface area contributed by atoms with Crippen molar-refractivity contribution in [3.05, 3.63) is 17.0 Å². The lowest BCUT2D eigenvalue weighted by Crippen LogP contribution is -2.42. The van der Waals surface area contributed by atoms with E-state index in [0.29, 0.717) is 56.3 Å². The van der Waals surface area contributed by atoms with Crippen LogP contribution >= 0.6 is 0 Å². The van der Waals surface area contributed by atoms with Gasteiger partial charge in [-0.25, -0.2) is 8.42 Å². The molecule has 0 aromatic carbocycles. The fourth-order valence-electron chi connectivity index (χ4n) is 3.51. The molecule has 2 aliphatic rings. The molecule has 24 heavy (non-hydrogen) atoms. The van der Waals surface area contributed by atoms with Crippen molar-refractivity contribution in [2.75, 3.05) is 39.4 Å². The summed E-state index contributed by atoms with van der Waals surface area (Å²) in [5.74, 6) is -0.177. The number of aromatic amines is 1. The second-order valence-electron chi connectivity index (χ2n) is 6.45. The zero-order chi connectivity index (χ0) is 17.3. The number of amides is 1. The van der Waals surface area contributed by atoms with Crippen LogP contribution in [0.5, 0.6) is 0 Å². The van der Waals surface area contributed by atoms with Crippen LogP contribution in [0.15, 0.2) is 4.90 Å². The summed E-state index contributed by atoms with van der Waals surface area (Å²) in [6.45, 7) is 6.29. The molecule has 3 heterocycles. The summed E-state index contributed by atoms with van der Waals surface area (Å²) in [4.78, 5) is 18.0. The number of nitrogens with zero attached hydrogens (tertiary/aromatic N) is 2. The quantitative estimate of drug-likeness (QED) is 0.885. The number of carbonyl (C=O) groups excluding carboxylic acids is 1. The van der Waals surface area contributed by atoms with Crippen LogP contribution in [0.2, 0.25) is 0 Å². The zero-order valence-electron chi connectivity index (χ0n) is 14.3. The Labute approximate surface area is 143 Å². The minimum absolute atomic E-state index is 0.137. The van der Waals surface area contributed by atoms with E-state index in [1.807, 2.05) is 0 Å². The first-order chi connectivity index (χ1) is 11.4. The molecule has 0 bridgehead atoms. The number of hydrogen-bond acceptors (Lipinski definition) is 4. The van der Waals surface area contributed by atoms with Crippen molar-refractivity contribution in [2.45, 2.75) is 38.0 Å². The molecule has 7 nitrogen and oxygen atoms in total. The largest absolute Gasteiger partial charge is 0.379 e. The monoisotopic (exact) mass is 355 g/mol. The maximum absolute atomic E-state index is 13.1. The molecule has 1 aromatic heterocycles. The van der Waals surface area contributed by atoms with Gasteiger partial charge in [0.15, 0.2) is 0 Å². The number of piperidine rings is 1. The van der Waals surface area contributed by atoms with Gasteiger partial charge in [0.1, 0.15) is 4.90 Å². The molecule has 0 spiro atoms. The van der Waals surface area contributed by atoms with Gasteiger partial charge in [-0.2, -0.15) is 4.31 Å². The van der Waals surface area contributed by atoms with Gasteiger partial charge in [0, 0.05) is 37.6 Å². The minimum Gasteiger partial charge on any atom is -0.379 e. The number of hydrogen-bond donors (Lipinski definition) is 1. The number of ether oxygens (including phenoxy) is 1. The SMILES string of the molecule is Cc1[nH]c(C)c(S(=O)(=O)N2CCOCC2)c1C(=O)N1CCCCC1. The first-order valence-corrected chi connectivity index (χ1v) is 9.93. The maximum Gasteiger partial charge on any atom is 0.257 e. The highest BCUT2D eigenvalue weighted by Crippen LogP contribution is 2.29. The van der Waals surface area contributed by atoms with Gasteiger partial charge < -0.3 is 14.6 Å². The Bertz CT molecular complexity index is 714. The van der Waals surface area contributed by atoms with Gasteiger partial charge in [0.05, 0.1) is 18.8 Å².